The van der Waals surface area contributed by atoms with E-state index in [1.54, 1.807) is 66.7 Å². The molecule has 52 heavy (non-hydrogen) atoms. The van der Waals surface area contributed by atoms with Crippen LogP contribution in [0.5, 0.6) is 23.0 Å². The van der Waals surface area contributed by atoms with E-state index in [9.17, 15) is 19.2 Å². The van der Waals surface area contributed by atoms with Crippen LogP contribution in [-0.4, -0.2) is 63.9 Å². The number of azo groups is 2. The summed E-state index contributed by atoms with van der Waals surface area (Å²) in [6.07, 6.45) is 0. The minimum atomic E-state index is -1.48. The summed E-state index contributed by atoms with van der Waals surface area (Å²) < 4.78 is 20.9. The fourth-order valence-electron chi connectivity index (χ4n) is 4.63. The molecule has 0 radical (unpaired) electrons. The van der Waals surface area contributed by atoms with Crippen LogP contribution in [0.4, 0.5) is 22.7 Å². The maximum Gasteiger partial charge on any atom is 0.258 e. The van der Waals surface area contributed by atoms with Crippen LogP contribution in [0.2, 0.25) is 10.0 Å². The predicted molar refractivity (Wildman–Crippen MR) is 196 cm³/mol. The monoisotopic (exact) mass is 748 g/mol. The molecule has 0 saturated heterocycles. The Morgan fingerprint density at radius 3 is 1.52 bits per heavy atom. The standard InChI is InChI=1S/C36H34Cl2N6O8/c1-19(45)33(35(47)39-28-13-11-23(49-3)15-31(28)51-5)43-41-22-9-7-21(8-10-22)25-17-27(38)30(18-26(25)37)42-44-34(20(2)46)36(48)40-29-14-12-24(50-4)16-32(29)52-6/h7-18,33-34H,1-6H3,(H,39,47)(H,40,48). The van der Waals surface area contributed by atoms with E-state index in [1.807, 2.05) is 0 Å². The van der Waals surface area contributed by atoms with Crippen LogP contribution in [0.15, 0.2) is 93.3 Å². The summed E-state index contributed by atoms with van der Waals surface area (Å²) in [5.41, 5.74) is 2.31. The van der Waals surface area contributed by atoms with E-state index in [0.717, 1.165) is 0 Å². The number of benzene rings is 4. The number of carbonyl (C=O) groups excluding carboxylic acids is 4. The van der Waals surface area contributed by atoms with Crippen molar-refractivity contribution < 1.29 is 38.1 Å². The van der Waals surface area contributed by atoms with Gasteiger partial charge in [0, 0.05) is 17.7 Å². The number of rotatable bonds is 15. The van der Waals surface area contributed by atoms with Crippen molar-refractivity contribution in [2.75, 3.05) is 39.1 Å². The lowest BCUT2D eigenvalue weighted by Crippen LogP contribution is -2.32. The van der Waals surface area contributed by atoms with Gasteiger partial charge in [-0.25, -0.2) is 0 Å². The quantitative estimate of drug-likeness (QED) is 0.0905. The third-order valence-corrected chi connectivity index (χ3v) is 8.00. The molecule has 0 aromatic heterocycles. The van der Waals surface area contributed by atoms with Gasteiger partial charge in [-0.1, -0.05) is 35.3 Å². The number of nitrogens with zero attached hydrogens (tertiary/aromatic N) is 4. The number of hydrogen-bond donors (Lipinski definition) is 2. The average Bonchev–Trinajstić information content (AvgIpc) is 3.13. The molecule has 0 aliphatic carbocycles. The predicted octanol–water partition coefficient (Wildman–Crippen LogP) is 8.05. The molecule has 0 spiro atoms. The summed E-state index contributed by atoms with van der Waals surface area (Å²) in [5, 5.41) is 21.8. The maximum absolute atomic E-state index is 13.0. The van der Waals surface area contributed by atoms with Crippen molar-refractivity contribution in [3.8, 4) is 34.1 Å². The van der Waals surface area contributed by atoms with E-state index in [0.29, 0.717) is 51.2 Å². The molecule has 0 bridgehead atoms. The zero-order valence-corrected chi connectivity index (χ0v) is 30.4. The highest BCUT2D eigenvalue weighted by Gasteiger charge is 2.26. The van der Waals surface area contributed by atoms with E-state index < -0.39 is 35.5 Å². The van der Waals surface area contributed by atoms with E-state index in [2.05, 4.69) is 31.1 Å². The lowest BCUT2D eigenvalue weighted by atomic mass is 10.0. The molecule has 16 heteroatoms. The fraction of sp³-hybridized carbons (Fsp3) is 0.222. The van der Waals surface area contributed by atoms with Crippen molar-refractivity contribution in [1.82, 2.24) is 0 Å². The minimum absolute atomic E-state index is 0.128. The van der Waals surface area contributed by atoms with Crippen LogP contribution in [0, 0.1) is 0 Å². The van der Waals surface area contributed by atoms with E-state index in [1.165, 1.54) is 48.4 Å². The van der Waals surface area contributed by atoms with Crippen LogP contribution in [0.1, 0.15) is 13.8 Å². The van der Waals surface area contributed by atoms with Crippen LogP contribution in [0.25, 0.3) is 11.1 Å². The first-order valence-electron chi connectivity index (χ1n) is 15.4. The minimum Gasteiger partial charge on any atom is -0.497 e. The van der Waals surface area contributed by atoms with Gasteiger partial charge >= 0.3 is 0 Å². The second-order valence-electron chi connectivity index (χ2n) is 10.9. The maximum atomic E-state index is 13.0. The van der Waals surface area contributed by atoms with Gasteiger partial charge < -0.3 is 29.6 Å². The number of carbonyl (C=O) groups is 4. The SMILES string of the molecule is COc1ccc(NC(=O)C(N=Nc2ccc(-c3cc(Cl)c(N=NC(C(C)=O)C(=O)Nc4ccc(OC)cc4OC)cc3Cl)cc2)C(C)=O)c(OC)c1. The Labute approximate surface area is 309 Å². The molecule has 4 aromatic rings. The molecule has 2 N–H and O–H groups in total. The first kappa shape index (κ1) is 38.9. The average molecular weight is 750 g/mol. The first-order valence-corrected chi connectivity index (χ1v) is 16.1. The molecule has 0 aliphatic rings. The molecule has 2 amide bonds. The third kappa shape index (κ3) is 9.68. The molecule has 4 rings (SSSR count). The topological polar surface area (TPSA) is 179 Å². The van der Waals surface area contributed by atoms with Crippen molar-refractivity contribution in [3.63, 3.8) is 0 Å². The van der Waals surface area contributed by atoms with Gasteiger partial charge in [-0.3, -0.25) is 19.2 Å². The van der Waals surface area contributed by atoms with Gasteiger partial charge in [0.15, 0.2) is 11.6 Å². The van der Waals surface area contributed by atoms with Gasteiger partial charge in [0.25, 0.3) is 11.8 Å². The molecule has 2 atom stereocenters. The number of halogens is 2. The molecule has 0 heterocycles. The summed E-state index contributed by atoms with van der Waals surface area (Å²) in [6.45, 7) is 2.45. The van der Waals surface area contributed by atoms with Crippen LogP contribution in [-0.2, 0) is 19.2 Å². The molecule has 0 aliphatic heterocycles. The summed E-state index contributed by atoms with van der Waals surface area (Å²) in [6, 6.07) is 16.3. The summed E-state index contributed by atoms with van der Waals surface area (Å²) in [5.74, 6) is -0.795. The van der Waals surface area contributed by atoms with E-state index >= 15 is 0 Å². The molecule has 270 valence electrons. The number of ether oxygens (including phenoxy) is 4. The lowest BCUT2D eigenvalue weighted by molar-refractivity contribution is -0.127. The summed E-state index contributed by atoms with van der Waals surface area (Å²) in [7, 11) is 5.87. The Morgan fingerprint density at radius 2 is 1.08 bits per heavy atom. The zero-order valence-electron chi connectivity index (χ0n) is 28.9. The van der Waals surface area contributed by atoms with Crippen molar-refractivity contribution in [2.24, 2.45) is 20.5 Å². The van der Waals surface area contributed by atoms with Crippen molar-refractivity contribution in [3.05, 3.63) is 82.8 Å². The van der Waals surface area contributed by atoms with Gasteiger partial charge in [-0.2, -0.15) is 20.5 Å². The zero-order chi connectivity index (χ0) is 37.9. The molecular weight excluding hydrogens is 715 g/mol. The highest BCUT2D eigenvalue weighted by molar-refractivity contribution is 6.37. The fourth-order valence-corrected chi connectivity index (χ4v) is 5.10. The van der Waals surface area contributed by atoms with E-state index in [4.69, 9.17) is 42.1 Å². The molecule has 4 aromatic carbocycles. The Hall–Kier alpha value is -5.86. The highest BCUT2D eigenvalue weighted by atomic mass is 35.5. The van der Waals surface area contributed by atoms with Gasteiger partial charge in [0.05, 0.1) is 55.5 Å². The molecule has 0 saturated carbocycles. The second-order valence-corrected chi connectivity index (χ2v) is 11.7. The number of anilines is 2. The van der Waals surface area contributed by atoms with Gasteiger partial charge in [0.1, 0.15) is 28.7 Å². The van der Waals surface area contributed by atoms with Crippen molar-refractivity contribution >= 4 is 69.3 Å². The smallest absolute Gasteiger partial charge is 0.258 e. The molecule has 0 fully saturated rings. The first-order chi connectivity index (χ1) is 24.9. The largest absolute Gasteiger partial charge is 0.497 e. The number of Topliss-reactive ketones (excluding diaryl/α,β-unsaturated/α-hetero) is 2. The number of hydrogen-bond acceptors (Lipinski definition) is 12. The highest BCUT2D eigenvalue weighted by Crippen LogP contribution is 2.38. The van der Waals surface area contributed by atoms with Gasteiger partial charge in [-0.15, -0.1) is 0 Å². The molecular formula is C36H34Cl2N6O8. The Kier molecular flexibility index (Phi) is 13.4. The lowest BCUT2D eigenvalue weighted by Gasteiger charge is -2.13. The third-order valence-electron chi connectivity index (χ3n) is 7.38. The summed E-state index contributed by atoms with van der Waals surface area (Å²) >= 11 is 13.1. The van der Waals surface area contributed by atoms with Crippen LogP contribution >= 0.6 is 23.2 Å². The number of amides is 2. The number of nitrogens with one attached hydrogen (secondary N) is 2. The normalized spacial score (nSPS) is 12.2. The van der Waals surface area contributed by atoms with Crippen molar-refractivity contribution in [2.45, 2.75) is 25.9 Å². The van der Waals surface area contributed by atoms with Crippen LogP contribution in [0.3, 0.4) is 0 Å². The Bertz CT molecular complexity index is 2040. The van der Waals surface area contributed by atoms with Gasteiger partial charge in [-0.05, 0) is 67.9 Å². The van der Waals surface area contributed by atoms with Crippen molar-refractivity contribution in [1.29, 1.82) is 0 Å². The Morgan fingerprint density at radius 1 is 0.596 bits per heavy atom. The molecule has 14 nitrogen and oxygen atoms in total. The number of ketones is 2. The number of methoxy groups -OCH3 is 4. The second kappa shape index (κ2) is 17.9. The van der Waals surface area contributed by atoms with Crippen LogP contribution < -0.4 is 29.6 Å². The van der Waals surface area contributed by atoms with Gasteiger partial charge in [0.2, 0.25) is 12.1 Å². The Balaban J connectivity index is 1.47. The van der Waals surface area contributed by atoms with E-state index in [-0.39, 0.29) is 15.7 Å². The summed E-state index contributed by atoms with van der Waals surface area (Å²) in [4.78, 5) is 50.6. The molecule has 2 unspecified atom stereocenters.